The van der Waals surface area contributed by atoms with Crippen LogP contribution >= 0.6 is 11.6 Å². The summed E-state index contributed by atoms with van der Waals surface area (Å²) in [5.74, 6) is -2.53. The molecule has 0 atom stereocenters. The van der Waals surface area contributed by atoms with Crippen LogP contribution in [0.5, 0.6) is 0 Å². The second-order valence-corrected chi connectivity index (χ2v) is 9.26. The molecule has 1 amide bonds. The summed E-state index contributed by atoms with van der Waals surface area (Å²) in [6.45, 7) is 1.11. The van der Waals surface area contributed by atoms with E-state index in [0.29, 0.717) is 16.7 Å². The second kappa shape index (κ2) is 9.55. The molecular formula is C22H19ClF2N2O3S. The van der Waals surface area contributed by atoms with Crippen molar-refractivity contribution >= 4 is 33.2 Å². The van der Waals surface area contributed by atoms with Gasteiger partial charge in [-0.15, -0.1) is 0 Å². The summed E-state index contributed by atoms with van der Waals surface area (Å²) >= 11 is 6.00. The van der Waals surface area contributed by atoms with Gasteiger partial charge in [-0.2, -0.15) is 4.31 Å². The Morgan fingerprint density at radius 2 is 1.74 bits per heavy atom. The second-order valence-electron chi connectivity index (χ2n) is 6.89. The number of anilines is 1. The predicted octanol–water partition coefficient (Wildman–Crippen LogP) is 4.76. The van der Waals surface area contributed by atoms with Crippen LogP contribution < -0.4 is 5.32 Å². The molecule has 5 nitrogen and oxygen atoms in total. The first kappa shape index (κ1) is 22.9. The zero-order valence-electron chi connectivity index (χ0n) is 16.5. The summed E-state index contributed by atoms with van der Waals surface area (Å²) in [4.78, 5) is 12.6. The van der Waals surface area contributed by atoms with Crippen LogP contribution in [0.3, 0.4) is 0 Å². The number of aryl methyl sites for hydroxylation is 1. The number of amides is 1. The average Bonchev–Trinajstić information content (AvgIpc) is 2.70. The van der Waals surface area contributed by atoms with E-state index in [9.17, 15) is 22.0 Å². The monoisotopic (exact) mass is 464 g/mol. The molecular weight excluding hydrogens is 446 g/mol. The van der Waals surface area contributed by atoms with Crippen molar-refractivity contribution in [3.8, 4) is 0 Å². The Labute approximate surface area is 184 Å². The summed E-state index contributed by atoms with van der Waals surface area (Å²) in [5, 5.41) is 2.70. The first-order valence-corrected chi connectivity index (χ1v) is 11.0. The highest BCUT2D eigenvalue weighted by Gasteiger charge is 2.27. The fraction of sp³-hybridized carbons (Fsp3) is 0.136. The van der Waals surface area contributed by atoms with E-state index in [2.05, 4.69) is 5.32 Å². The summed E-state index contributed by atoms with van der Waals surface area (Å²) in [7, 11) is -4.06. The highest BCUT2D eigenvalue weighted by Crippen LogP contribution is 2.21. The lowest BCUT2D eigenvalue weighted by Gasteiger charge is -2.22. The summed E-state index contributed by atoms with van der Waals surface area (Å²) in [5.41, 5.74) is 1.20. The molecule has 9 heteroatoms. The van der Waals surface area contributed by atoms with Crippen LogP contribution in [-0.2, 0) is 21.4 Å². The van der Waals surface area contributed by atoms with Crippen LogP contribution in [0.15, 0.2) is 71.6 Å². The molecule has 0 aliphatic carbocycles. The maximum absolute atomic E-state index is 13.9. The van der Waals surface area contributed by atoms with E-state index in [1.54, 1.807) is 36.4 Å². The number of carbonyl (C=O) groups is 1. The molecule has 3 rings (SSSR count). The number of nitrogens with zero attached hydrogens (tertiary/aromatic N) is 1. The van der Waals surface area contributed by atoms with Gasteiger partial charge in [0, 0.05) is 17.6 Å². The Kier molecular flexibility index (Phi) is 7.04. The molecule has 3 aromatic carbocycles. The molecule has 1 N–H and O–H groups in total. The van der Waals surface area contributed by atoms with Crippen molar-refractivity contribution in [3.63, 3.8) is 0 Å². The Morgan fingerprint density at radius 1 is 1.03 bits per heavy atom. The van der Waals surface area contributed by atoms with Gasteiger partial charge in [0.15, 0.2) is 0 Å². The lowest BCUT2D eigenvalue weighted by atomic mass is 10.2. The normalized spacial score (nSPS) is 11.5. The van der Waals surface area contributed by atoms with Crippen LogP contribution in [-0.4, -0.2) is 25.2 Å². The summed E-state index contributed by atoms with van der Waals surface area (Å²) < 4.78 is 54.4. The van der Waals surface area contributed by atoms with E-state index < -0.39 is 34.1 Å². The lowest BCUT2D eigenvalue weighted by molar-refractivity contribution is -0.116. The van der Waals surface area contributed by atoms with E-state index in [1.165, 1.54) is 12.1 Å². The topological polar surface area (TPSA) is 66.5 Å². The molecule has 0 aromatic heterocycles. The van der Waals surface area contributed by atoms with Crippen molar-refractivity contribution in [1.82, 2.24) is 4.31 Å². The summed E-state index contributed by atoms with van der Waals surface area (Å²) in [6, 6.07) is 15.5. The SMILES string of the molecule is Cc1ccc(S(=O)(=O)N(CC(=O)Nc2ccc(F)cc2F)Cc2cccc(Cl)c2)cc1. The minimum Gasteiger partial charge on any atom is -0.322 e. The molecule has 0 heterocycles. The number of rotatable bonds is 7. The molecule has 0 unspecified atom stereocenters. The molecule has 162 valence electrons. The Morgan fingerprint density at radius 3 is 2.39 bits per heavy atom. The van der Waals surface area contributed by atoms with Crippen molar-refractivity contribution in [1.29, 1.82) is 0 Å². The number of benzene rings is 3. The quantitative estimate of drug-likeness (QED) is 0.548. The fourth-order valence-electron chi connectivity index (χ4n) is 2.86. The van der Waals surface area contributed by atoms with Gasteiger partial charge in [0.1, 0.15) is 11.6 Å². The van der Waals surface area contributed by atoms with Crippen molar-refractivity contribution in [2.45, 2.75) is 18.4 Å². The van der Waals surface area contributed by atoms with Crippen LogP contribution in [0.1, 0.15) is 11.1 Å². The molecule has 31 heavy (non-hydrogen) atoms. The van der Waals surface area contributed by atoms with E-state index in [1.807, 2.05) is 6.92 Å². The Balaban J connectivity index is 1.89. The largest absolute Gasteiger partial charge is 0.322 e. The van der Waals surface area contributed by atoms with E-state index >= 15 is 0 Å². The Hall–Kier alpha value is -2.81. The van der Waals surface area contributed by atoms with Crippen LogP contribution in [0.2, 0.25) is 5.02 Å². The van der Waals surface area contributed by atoms with Crippen molar-refractivity contribution in [3.05, 3.63) is 94.5 Å². The molecule has 0 bridgehead atoms. The smallest absolute Gasteiger partial charge is 0.243 e. The third-order valence-electron chi connectivity index (χ3n) is 4.43. The maximum Gasteiger partial charge on any atom is 0.243 e. The molecule has 0 radical (unpaired) electrons. The van der Waals surface area contributed by atoms with Crippen molar-refractivity contribution < 1.29 is 22.0 Å². The number of hydrogen-bond donors (Lipinski definition) is 1. The molecule has 0 saturated heterocycles. The highest BCUT2D eigenvalue weighted by atomic mass is 35.5. The molecule has 0 aliphatic rings. The number of nitrogens with one attached hydrogen (secondary N) is 1. The third kappa shape index (κ3) is 5.88. The summed E-state index contributed by atoms with van der Waals surface area (Å²) in [6.07, 6.45) is 0. The van der Waals surface area contributed by atoms with E-state index in [-0.39, 0.29) is 17.1 Å². The first-order chi connectivity index (χ1) is 14.6. The molecule has 0 aliphatic heterocycles. The molecule has 0 saturated carbocycles. The van der Waals surface area contributed by atoms with E-state index in [4.69, 9.17) is 11.6 Å². The van der Waals surface area contributed by atoms with Crippen LogP contribution in [0.25, 0.3) is 0 Å². The standard InChI is InChI=1S/C22H19ClF2N2O3S/c1-15-5-8-19(9-6-15)31(29,30)27(13-16-3-2-4-17(23)11-16)14-22(28)26-21-10-7-18(24)12-20(21)25/h2-12H,13-14H2,1H3,(H,26,28). The number of carbonyl (C=O) groups excluding carboxylic acids is 1. The molecule has 3 aromatic rings. The van der Waals surface area contributed by atoms with Gasteiger partial charge in [-0.25, -0.2) is 17.2 Å². The van der Waals surface area contributed by atoms with Gasteiger partial charge in [0.2, 0.25) is 15.9 Å². The van der Waals surface area contributed by atoms with Gasteiger partial charge < -0.3 is 5.32 Å². The maximum atomic E-state index is 13.9. The zero-order chi connectivity index (χ0) is 22.6. The van der Waals surface area contributed by atoms with Gasteiger partial charge >= 0.3 is 0 Å². The minimum atomic E-state index is -4.06. The van der Waals surface area contributed by atoms with Gasteiger partial charge in [0.25, 0.3) is 0 Å². The van der Waals surface area contributed by atoms with Gasteiger partial charge in [0.05, 0.1) is 17.1 Å². The fourth-order valence-corrected chi connectivity index (χ4v) is 4.46. The van der Waals surface area contributed by atoms with Crippen molar-refractivity contribution in [2.75, 3.05) is 11.9 Å². The van der Waals surface area contributed by atoms with Gasteiger partial charge in [-0.05, 0) is 48.9 Å². The zero-order valence-corrected chi connectivity index (χ0v) is 18.1. The molecule has 0 spiro atoms. The minimum absolute atomic E-state index is 0.0147. The Bertz CT molecular complexity index is 1200. The predicted molar refractivity (Wildman–Crippen MR) is 115 cm³/mol. The van der Waals surface area contributed by atoms with Crippen LogP contribution in [0.4, 0.5) is 14.5 Å². The molecule has 0 fully saturated rings. The lowest BCUT2D eigenvalue weighted by Crippen LogP contribution is -2.37. The van der Waals surface area contributed by atoms with Crippen LogP contribution in [0, 0.1) is 18.6 Å². The number of halogens is 3. The third-order valence-corrected chi connectivity index (χ3v) is 6.47. The highest BCUT2D eigenvalue weighted by molar-refractivity contribution is 7.89. The number of sulfonamides is 1. The van der Waals surface area contributed by atoms with E-state index in [0.717, 1.165) is 22.0 Å². The van der Waals surface area contributed by atoms with Gasteiger partial charge in [-0.3, -0.25) is 4.79 Å². The van der Waals surface area contributed by atoms with Crippen molar-refractivity contribution in [2.24, 2.45) is 0 Å². The number of hydrogen-bond acceptors (Lipinski definition) is 3. The average molecular weight is 465 g/mol. The first-order valence-electron chi connectivity index (χ1n) is 9.21. The van der Waals surface area contributed by atoms with Gasteiger partial charge in [-0.1, -0.05) is 41.4 Å².